The summed E-state index contributed by atoms with van der Waals surface area (Å²) in [4.78, 5) is 0. The van der Waals surface area contributed by atoms with Gasteiger partial charge in [0.15, 0.2) is 0 Å². The molecular weight excluding hydrogens is 146 g/mol. The fourth-order valence-corrected chi connectivity index (χ4v) is 1.44. The van der Waals surface area contributed by atoms with E-state index in [1.807, 2.05) is 18.2 Å². The molecule has 0 aromatic heterocycles. The van der Waals surface area contributed by atoms with E-state index in [1.54, 1.807) is 0 Å². The standard InChI is InChI=1S/C11H11N/c12-11-8-4-3-7-10(11)9-5-1-2-6-9/h1-5,7-8H,6,12H2. The van der Waals surface area contributed by atoms with E-state index in [4.69, 9.17) is 5.73 Å². The summed E-state index contributed by atoms with van der Waals surface area (Å²) in [6.45, 7) is 0. The molecule has 12 heavy (non-hydrogen) atoms. The predicted molar refractivity (Wildman–Crippen MR) is 52.6 cm³/mol. The molecule has 0 saturated carbocycles. The Labute approximate surface area is 72.2 Å². The van der Waals surface area contributed by atoms with Gasteiger partial charge in [0.1, 0.15) is 0 Å². The van der Waals surface area contributed by atoms with E-state index in [-0.39, 0.29) is 0 Å². The van der Waals surface area contributed by atoms with Crippen LogP contribution in [0.25, 0.3) is 5.57 Å². The van der Waals surface area contributed by atoms with Crippen LogP contribution in [0.1, 0.15) is 12.0 Å². The molecule has 0 saturated heterocycles. The Morgan fingerprint density at radius 3 is 2.67 bits per heavy atom. The fraction of sp³-hybridized carbons (Fsp3) is 0.0909. The first-order valence-electron chi connectivity index (χ1n) is 4.08. The molecule has 1 nitrogen and oxygen atoms in total. The monoisotopic (exact) mass is 157 g/mol. The molecule has 0 radical (unpaired) electrons. The van der Waals surface area contributed by atoms with Crippen molar-refractivity contribution in [1.29, 1.82) is 0 Å². The highest BCUT2D eigenvalue weighted by Gasteiger charge is 2.04. The number of benzene rings is 1. The molecule has 1 aromatic carbocycles. The van der Waals surface area contributed by atoms with Gasteiger partial charge in [0.2, 0.25) is 0 Å². The van der Waals surface area contributed by atoms with E-state index in [1.165, 1.54) is 11.1 Å². The molecule has 1 aliphatic rings. The van der Waals surface area contributed by atoms with Crippen molar-refractivity contribution < 1.29 is 0 Å². The van der Waals surface area contributed by atoms with Crippen LogP contribution in [0.5, 0.6) is 0 Å². The second-order valence-corrected chi connectivity index (χ2v) is 2.91. The Morgan fingerprint density at radius 1 is 1.17 bits per heavy atom. The van der Waals surface area contributed by atoms with Crippen molar-refractivity contribution in [2.24, 2.45) is 0 Å². The van der Waals surface area contributed by atoms with Gasteiger partial charge in [-0.25, -0.2) is 0 Å². The smallest absolute Gasteiger partial charge is 0.0390 e. The summed E-state index contributed by atoms with van der Waals surface area (Å²) in [5, 5.41) is 0. The lowest BCUT2D eigenvalue weighted by atomic mass is 10.0. The molecule has 0 atom stereocenters. The topological polar surface area (TPSA) is 26.0 Å². The van der Waals surface area contributed by atoms with Gasteiger partial charge >= 0.3 is 0 Å². The molecule has 1 heteroatoms. The van der Waals surface area contributed by atoms with Crippen molar-refractivity contribution in [2.45, 2.75) is 6.42 Å². The van der Waals surface area contributed by atoms with E-state index < -0.39 is 0 Å². The summed E-state index contributed by atoms with van der Waals surface area (Å²) >= 11 is 0. The lowest BCUT2D eigenvalue weighted by Gasteiger charge is -2.04. The average Bonchev–Trinajstić information content (AvgIpc) is 2.57. The Kier molecular flexibility index (Phi) is 1.71. The lowest BCUT2D eigenvalue weighted by Crippen LogP contribution is -1.91. The zero-order chi connectivity index (χ0) is 8.39. The van der Waals surface area contributed by atoms with Crippen molar-refractivity contribution in [1.82, 2.24) is 0 Å². The normalized spacial score (nSPS) is 14.8. The first kappa shape index (κ1) is 7.17. The van der Waals surface area contributed by atoms with Gasteiger partial charge in [-0.3, -0.25) is 0 Å². The number of para-hydroxylation sites is 1. The summed E-state index contributed by atoms with van der Waals surface area (Å²) in [6.07, 6.45) is 7.34. The molecule has 1 aliphatic carbocycles. The molecule has 0 bridgehead atoms. The molecule has 0 fully saturated rings. The van der Waals surface area contributed by atoms with Crippen LogP contribution in [0.3, 0.4) is 0 Å². The molecule has 1 aromatic rings. The molecule has 60 valence electrons. The predicted octanol–water partition coefficient (Wildman–Crippen LogP) is 2.61. The minimum Gasteiger partial charge on any atom is -0.398 e. The number of hydrogen-bond acceptors (Lipinski definition) is 1. The third kappa shape index (κ3) is 1.14. The number of anilines is 1. The number of allylic oxidation sites excluding steroid dienone is 4. The Balaban J connectivity index is 2.40. The van der Waals surface area contributed by atoms with E-state index in [2.05, 4.69) is 24.3 Å². The third-order valence-electron chi connectivity index (χ3n) is 2.08. The zero-order valence-corrected chi connectivity index (χ0v) is 6.83. The molecule has 0 amide bonds. The zero-order valence-electron chi connectivity index (χ0n) is 6.83. The summed E-state index contributed by atoms with van der Waals surface area (Å²) in [5.41, 5.74) is 9.18. The average molecular weight is 157 g/mol. The van der Waals surface area contributed by atoms with E-state index in [9.17, 15) is 0 Å². The lowest BCUT2D eigenvalue weighted by molar-refractivity contribution is 1.43. The Hall–Kier alpha value is -1.50. The van der Waals surface area contributed by atoms with Crippen molar-refractivity contribution in [3.63, 3.8) is 0 Å². The second kappa shape index (κ2) is 2.86. The first-order chi connectivity index (χ1) is 5.88. The maximum absolute atomic E-state index is 5.83. The van der Waals surface area contributed by atoms with Crippen LogP contribution in [0, 0.1) is 0 Å². The second-order valence-electron chi connectivity index (χ2n) is 2.91. The summed E-state index contributed by atoms with van der Waals surface area (Å²) in [5.74, 6) is 0. The number of hydrogen-bond donors (Lipinski definition) is 1. The molecule has 0 aliphatic heterocycles. The number of nitrogen functional groups attached to an aromatic ring is 1. The highest BCUT2D eigenvalue weighted by atomic mass is 14.6. The van der Waals surface area contributed by atoms with Crippen molar-refractivity contribution in [3.05, 3.63) is 48.1 Å². The van der Waals surface area contributed by atoms with Crippen LogP contribution in [0.4, 0.5) is 5.69 Å². The maximum atomic E-state index is 5.83. The molecule has 2 N–H and O–H groups in total. The van der Waals surface area contributed by atoms with Crippen molar-refractivity contribution >= 4 is 11.3 Å². The largest absolute Gasteiger partial charge is 0.398 e. The van der Waals surface area contributed by atoms with E-state index in [0.29, 0.717) is 0 Å². The van der Waals surface area contributed by atoms with Gasteiger partial charge in [-0.15, -0.1) is 0 Å². The first-order valence-corrected chi connectivity index (χ1v) is 4.08. The van der Waals surface area contributed by atoms with Gasteiger partial charge in [-0.2, -0.15) is 0 Å². The minimum absolute atomic E-state index is 0.868. The Morgan fingerprint density at radius 2 is 2.00 bits per heavy atom. The third-order valence-corrected chi connectivity index (χ3v) is 2.08. The summed E-state index contributed by atoms with van der Waals surface area (Å²) in [7, 11) is 0. The van der Waals surface area contributed by atoms with Gasteiger partial charge in [-0.05, 0) is 18.1 Å². The molecular formula is C11H11N. The Bertz CT molecular complexity index is 348. The van der Waals surface area contributed by atoms with Gasteiger partial charge < -0.3 is 5.73 Å². The number of rotatable bonds is 1. The molecule has 2 rings (SSSR count). The van der Waals surface area contributed by atoms with Gasteiger partial charge in [0.05, 0.1) is 0 Å². The highest BCUT2D eigenvalue weighted by Crippen LogP contribution is 2.27. The van der Waals surface area contributed by atoms with E-state index >= 15 is 0 Å². The molecule has 0 unspecified atom stereocenters. The van der Waals surface area contributed by atoms with Crippen LogP contribution in [-0.4, -0.2) is 0 Å². The van der Waals surface area contributed by atoms with Crippen LogP contribution in [-0.2, 0) is 0 Å². The van der Waals surface area contributed by atoms with Crippen molar-refractivity contribution in [3.8, 4) is 0 Å². The summed E-state index contributed by atoms with van der Waals surface area (Å²) in [6, 6.07) is 7.98. The van der Waals surface area contributed by atoms with Crippen molar-refractivity contribution in [2.75, 3.05) is 5.73 Å². The molecule has 0 heterocycles. The number of nitrogens with two attached hydrogens (primary N) is 1. The molecule has 0 spiro atoms. The fourth-order valence-electron chi connectivity index (χ4n) is 1.44. The minimum atomic E-state index is 0.868. The summed E-state index contributed by atoms with van der Waals surface area (Å²) < 4.78 is 0. The quantitative estimate of drug-likeness (QED) is 0.623. The van der Waals surface area contributed by atoms with Gasteiger partial charge in [-0.1, -0.05) is 36.4 Å². The van der Waals surface area contributed by atoms with Crippen LogP contribution < -0.4 is 5.73 Å². The van der Waals surface area contributed by atoms with Gasteiger partial charge in [0, 0.05) is 11.3 Å². The maximum Gasteiger partial charge on any atom is 0.0390 e. The van der Waals surface area contributed by atoms with Crippen LogP contribution in [0.15, 0.2) is 42.5 Å². The highest BCUT2D eigenvalue weighted by molar-refractivity contribution is 5.78. The SMILES string of the molecule is Nc1ccccc1C1=CC=CC1. The van der Waals surface area contributed by atoms with E-state index in [0.717, 1.165) is 12.1 Å². The van der Waals surface area contributed by atoms with Crippen LogP contribution >= 0.6 is 0 Å². The van der Waals surface area contributed by atoms with Gasteiger partial charge in [0.25, 0.3) is 0 Å². The van der Waals surface area contributed by atoms with Crippen LogP contribution in [0.2, 0.25) is 0 Å².